The maximum absolute atomic E-state index is 12.9. The Morgan fingerprint density at radius 1 is 0.865 bits per heavy atom. The molecule has 0 aliphatic carbocycles. The van der Waals surface area contributed by atoms with Gasteiger partial charge < -0.3 is 10.1 Å². The molecule has 2 amide bonds. The van der Waals surface area contributed by atoms with Gasteiger partial charge in [-0.3, -0.25) is 14.9 Å². The second kappa shape index (κ2) is 15.4. The van der Waals surface area contributed by atoms with Crippen LogP contribution in [0.2, 0.25) is 0 Å². The third-order valence-corrected chi connectivity index (χ3v) is 7.39. The van der Waals surface area contributed by atoms with Gasteiger partial charge in [-0.1, -0.05) is 63.2 Å². The molecule has 7 nitrogen and oxygen atoms in total. The minimum Gasteiger partial charge on any atom is -0.494 e. The monoisotopic (exact) mass is 540 g/mol. The van der Waals surface area contributed by atoms with Crippen LogP contribution in [0.3, 0.4) is 0 Å². The predicted molar refractivity (Wildman–Crippen MR) is 153 cm³/mol. The maximum Gasteiger partial charge on any atom is 0.257 e. The molecule has 0 aliphatic heterocycles. The van der Waals surface area contributed by atoms with Gasteiger partial charge >= 0.3 is 0 Å². The van der Waals surface area contributed by atoms with E-state index in [1.165, 1.54) is 68.0 Å². The van der Waals surface area contributed by atoms with E-state index >= 15 is 0 Å². The minimum absolute atomic E-state index is 0.248. The summed E-state index contributed by atoms with van der Waals surface area (Å²) in [6.07, 6.45) is 12.0. The summed E-state index contributed by atoms with van der Waals surface area (Å²) < 4.78 is 5.84. The Morgan fingerprint density at radius 2 is 1.51 bits per heavy atom. The van der Waals surface area contributed by atoms with Crippen molar-refractivity contribution in [3.8, 4) is 5.75 Å². The summed E-state index contributed by atoms with van der Waals surface area (Å²) in [5, 5.41) is 14.7. The summed E-state index contributed by atoms with van der Waals surface area (Å²) in [6, 6.07) is 12.4. The van der Waals surface area contributed by atoms with Crippen molar-refractivity contribution < 1.29 is 14.3 Å². The molecule has 2 N–H and O–H groups in total. The highest BCUT2D eigenvalue weighted by Gasteiger charge is 2.14. The Bertz CT molecular complexity index is 1150. The Balaban J connectivity index is 1.50. The zero-order chi connectivity index (χ0) is 26.5. The van der Waals surface area contributed by atoms with Crippen molar-refractivity contribution in [2.75, 3.05) is 23.5 Å². The molecular weight excluding hydrogens is 504 g/mol. The molecule has 3 rings (SSSR count). The van der Waals surface area contributed by atoms with E-state index < -0.39 is 0 Å². The lowest BCUT2D eigenvalue weighted by molar-refractivity contribution is 0.101. The van der Waals surface area contributed by atoms with E-state index in [-0.39, 0.29) is 11.8 Å². The van der Waals surface area contributed by atoms with E-state index in [1.807, 2.05) is 31.4 Å². The smallest absolute Gasteiger partial charge is 0.257 e. The van der Waals surface area contributed by atoms with Gasteiger partial charge in [0.1, 0.15) is 10.8 Å². The molecule has 1 heterocycles. The van der Waals surface area contributed by atoms with Crippen LogP contribution >= 0.6 is 23.1 Å². The number of hydrogen-bond acceptors (Lipinski definition) is 7. The highest BCUT2D eigenvalue weighted by molar-refractivity contribution is 7.98. The average molecular weight is 541 g/mol. The number of nitrogens with one attached hydrogen (secondary N) is 2. The Labute approximate surface area is 227 Å². The molecule has 0 bridgehead atoms. The molecule has 198 valence electrons. The number of hydrogen-bond donors (Lipinski definition) is 2. The second-order valence-corrected chi connectivity index (χ2v) is 10.8. The molecule has 2 aromatic carbocycles. The summed E-state index contributed by atoms with van der Waals surface area (Å²) in [7, 11) is 0. The number of rotatable bonds is 15. The van der Waals surface area contributed by atoms with Gasteiger partial charge in [-0.2, -0.15) is 0 Å². The van der Waals surface area contributed by atoms with Crippen LogP contribution in [0.25, 0.3) is 0 Å². The van der Waals surface area contributed by atoms with E-state index in [0.717, 1.165) is 22.1 Å². The fourth-order valence-electron chi connectivity index (χ4n) is 3.79. The van der Waals surface area contributed by atoms with Crippen molar-refractivity contribution in [2.45, 2.75) is 70.1 Å². The summed E-state index contributed by atoms with van der Waals surface area (Å²) in [5.41, 5.74) is 1.52. The minimum atomic E-state index is -0.308. The number of ether oxygens (including phenoxy) is 1. The van der Waals surface area contributed by atoms with Gasteiger partial charge in [0, 0.05) is 16.0 Å². The third-order valence-electron chi connectivity index (χ3n) is 5.84. The van der Waals surface area contributed by atoms with Crippen LogP contribution in [-0.2, 0) is 0 Å². The highest BCUT2D eigenvalue weighted by Crippen LogP contribution is 2.28. The predicted octanol–water partition coefficient (Wildman–Crippen LogP) is 7.59. The van der Waals surface area contributed by atoms with E-state index in [0.29, 0.717) is 28.6 Å². The van der Waals surface area contributed by atoms with Crippen molar-refractivity contribution >= 4 is 45.7 Å². The van der Waals surface area contributed by atoms with E-state index in [9.17, 15) is 9.59 Å². The normalized spacial score (nSPS) is 10.8. The van der Waals surface area contributed by atoms with Gasteiger partial charge in [-0.15, -0.1) is 22.0 Å². The van der Waals surface area contributed by atoms with E-state index in [1.54, 1.807) is 24.3 Å². The van der Waals surface area contributed by atoms with Crippen LogP contribution in [0.1, 0.15) is 84.0 Å². The van der Waals surface area contributed by atoms with E-state index in [2.05, 4.69) is 27.8 Å². The summed E-state index contributed by atoms with van der Waals surface area (Å²) in [6.45, 7) is 4.75. The standard InChI is InChI=1S/C28H36N4O3S2/c1-4-5-6-7-8-9-10-11-18-35-23-15-12-21(13-16-23)26(33)29-24-19-22(14-17-25(24)36-3)27(34)30-28-32-31-20(2)37-28/h12-17,19H,4-11,18H2,1-3H3,(H,29,33)(H,30,32,34). The van der Waals surface area contributed by atoms with Crippen molar-refractivity contribution in [2.24, 2.45) is 0 Å². The number of benzene rings is 2. The lowest BCUT2D eigenvalue weighted by Crippen LogP contribution is -2.15. The zero-order valence-electron chi connectivity index (χ0n) is 21.8. The second-order valence-electron chi connectivity index (χ2n) is 8.80. The van der Waals surface area contributed by atoms with Crippen LogP contribution in [0, 0.1) is 6.92 Å². The number of aromatic nitrogens is 2. The van der Waals surface area contributed by atoms with Crippen LogP contribution in [-0.4, -0.2) is 34.9 Å². The van der Waals surface area contributed by atoms with Crippen molar-refractivity contribution in [3.63, 3.8) is 0 Å². The quantitative estimate of drug-likeness (QED) is 0.152. The first-order valence-electron chi connectivity index (χ1n) is 12.8. The van der Waals surface area contributed by atoms with Gasteiger partial charge in [0.05, 0.1) is 12.3 Å². The van der Waals surface area contributed by atoms with Gasteiger partial charge in [0.2, 0.25) is 5.13 Å². The summed E-state index contributed by atoms with van der Waals surface area (Å²) in [4.78, 5) is 26.4. The lowest BCUT2D eigenvalue weighted by atomic mass is 10.1. The number of unbranched alkanes of at least 4 members (excludes halogenated alkanes) is 7. The van der Waals surface area contributed by atoms with Crippen molar-refractivity contribution in [1.82, 2.24) is 10.2 Å². The molecule has 0 aliphatic rings. The number of thioether (sulfide) groups is 1. The molecular formula is C28H36N4O3S2. The first-order valence-corrected chi connectivity index (χ1v) is 14.9. The number of amides is 2. The summed E-state index contributed by atoms with van der Waals surface area (Å²) in [5.74, 6) is 0.203. The number of carbonyl (C=O) groups is 2. The molecule has 9 heteroatoms. The molecule has 1 aromatic heterocycles. The molecule has 0 radical (unpaired) electrons. The first-order chi connectivity index (χ1) is 18.0. The first kappa shape index (κ1) is 28.7. The number of anilines is 2. The Kier molecular flexibility index (Phi) is 11.9. The molecule has 3 aromatic rings. The molecule has 0 saturated heterocycles. The van der Waals surface area contributed by atoms with Crippen LogP contribution < -0.4 is 15.4 Å². The van der Waals surface area contributed by atoms with Crippen molar-refractivity contribution in [3.05, 3.63) is 58.6 Å². The Hall–Kier alpha value is -2.91. The molecule has 0 unspecified atom stereocenters. The number of nitrogens with zero attached hydrogens (tertiary/aromatic N) is 2. The van der Waals surface area contributed by atoms with E-state index in [4.69, 9.17) is 4.74 Å². The van der Waals surface area contributed by atoms with Gasteiger partial charge in [-0.05, 0) is 62.1 Å². The lowest BCUT2D eigenvalue weighted by Gasteiger charge is -2.12. The summed E-state index contributed by atoms with van der Waals surface area (Å²) >= 11 is 2.80. The highest BCUT2D eigenvalue weighted by atomic mass is 32.2. The largest absolute Gasteiger partial charge is 0.494 e. The van der Waals surface area contributed by atoms with Gasteiger partial charge in [-0.25, -0.2) is 0 Å². The maximum atomic E-state index is 12.9. The SMILES string of the molecule is CCCCCCCCCCOc1ccc(C(=O)Nc2cc(C(=O)Nc3nnc(C)s3)ccc2SC)cc1. The molecule has 0 atom stereocenters. The Morgan fingerprint density at radius 3 is 2.16 bits per heavy atom. The van der Waals surface area contributed by atoms with Crippen molar-refractivity contribution in [1.29, 1.82) is 0 Å². The van der Waals surface area contributed by atoms with Crippen LogP contribution in [0.5, 0.6) is 5.75 Å². The average Bonchev–Trinajstić information content (AvgIpc) is 3.32. The number of carbonyl (C=O) groups excluding carboxylic acids is 2. The van der Waals surface area contributed by atoms with Gasteiger partial charge in [0.15, 0.2) is 0 Å². The molecule has 0 fully saturated rings. The fourth-order valence-corrected chi connectivity index (χ4v) is 4.91. The molecule has 0 spiro atoms. The zero-order valence-corrected chi connectivity index (χ0v) is 23.5. The molecule has 37 heavy (non-hydrogen) atoms. The topological polar surface area (TPSA) is 93.2 Å². The van der Waals surface area contributed by atoms with Crippen LogP contribution in [0.15, 0.2) is 47.4 Å². The molecule has 0 saturated carbocycles. The van der Waals surface area contributed by atoms with Crippen LogP contribution in [0.4, 0.5) is 10.8 Å². The number of aryl methyl sites for hydroxylation is 1. The third kappa shape index (κ3) is 9.48. The fraction of sp³-hybridized carbons (Fsp3) is 0.429. The van der Waals surface area contributed by atoms with Gasteiger partial charge in [0.25, 0.3) is 11.8 Å².